The number of ether oxygens (including phenoxy) is 2. The van der Waals surface area contributed by atoms with Gasteiger partial charge < -0.3 is 9.47 Å². The maximum atomic E-state index is 5.60. The van der Waals surface area contributed by atoms with E-state index < -0.39 is 0 Å². The highest BCUT2D eigenvalue weighted by atomic mass is 16.6. The standard InChI is InChI=1S/C8H13N3O3/c1-12-5-6-4-11-8(14-6)7(3-9-11)10-13-2/h3,6,10H,4-5H2,1-2H3. The zero-order chi connectivity index (χ0) is 9.97. The van der Waals surface area contributed by atoms with Gasteiger partial charge in [0.1, 0.15) is 11.8 Å². The fourth-order valence-corrected chi connectivity index (χ4v) is 1.47. The molecule has 2 rings (SSSR count). The van der Waals surface area contributed by atoms with Gasteiger partial charge in [-0.2, -0.15) is 5.10 Å². The van der Waals surface area contributed by atoms with Gasteiger partial charge >= 0.3 is 0 Å². The van der Waals surface area contributed by atoms with E-state index in [0.717, 1.165) is 5.69 Å². The van der Waals surface area contributed by atoms with Crippen LogP contribution in [0.2, 0.25) is 0 Å². The van der Waals surface area contributed by atoms with E-state index in [9.17, 15) is 0 Å². The van der Waals surface area contributed by atoms with Crippen LogP contribution in [0.15, 0.2) is 6.20 Å². The first-order valence-electron chi connectivity index (χ1n) is 4.35. The number of methoxy groups -OCH3 is 1. The van der Waals surface area contributed by atoms with Crippen molar-refractivity contribution in [1.82, 2.24) is 9.78 Å². The third-order valence-corrected chi connectivity index (χ3v) is 2.01. The summed E-state index contributed by atoms with van der Waals surface area (Å²) < 4.78 is 12.4. The summed E-state index contributed by atoms with van der Waals surface area (Å²) in [5, 5.41) is 4.14. The van der Waals surface area contributed by atoms with Gasteiger partial charge in [0.05, 0.1) is 26.5 Å². The van der Waals surface area contributed by atoms with Gasteiger partial charge in [-0.25, -0.2) is 4.68 Å². The van der Waals surface area contributed by atoms with E-state index in [4.69, 9.17) is 14.3 Å². The molecule has 1 aromatic heterocycles. The van der Waals surface area contributed by atoms with Crippen LogP contribution >= 0.6 is 0 Å². The number of nitrogens with zero attached hydrogens (tertiary/aromatic N) is 2. The molecule has 1 aliphatic heterocycles. The second-order valence-corrected chi connectivity index (χ2v) is 3.05. The fraction of sp³-hybridized carbons (Fsp3) is 0.625. The van der Waals surface area contributed by atoms with Gasteiger partial charge in [-0.15, -0.1) is 0 Å². The minimum absolute atomic E-state index is 0.0427. The Hall–Kier alpha value is -1.27. The maximum absolute atomic E-state index is 5.60. The summed E-state index contributed by atoms with van der Waals surface area (Å²) in [6.07, 6.45) is 1.71. The quantitative estimate of drug-likeness (QED) is 0.705. The zero-order valence-electron chi connectivity index (χ0n) is 8.19. The highest BCUT2D eigenvalue weighted by Gasteiger charge is 2.26. The second-order valence-electron chi connectivity index (χ2n) is 3.05. The van der Waals surface area contributed by atoms with E-state index in [-0.39, 0.29) is 6.10 Å². The second kappa shape index (κ2) is 3.85. The highest BCUT2D eigenvalue weighted by molar-refractivity contribution is 5.50. The lowest BCUT2D eigenvalue weighted by molar-refractivity contribution is 0.0934. The molecule has 0 bridgehead atoms. The Balaban J connectivity index is 2.07. The molecule has 6 nitrogen and oxygen atoms in total. The largest absolute Gasteiger partial charge is 0.469 e. The summed E-state index contributed by atoms with van der Waals surface area (Å²) in [5.74, 6) is 0.703. The van der Waals surface area contributed by atoms with Gasteiger partial charge in [-0.05, 0) is 0 Å². The van der Waals surface area contributed by atoms with Crippen molar-refractivity contribution in [3.63, 3.8) is 0 Å². The first-order valence-corrected chi connectivity index (χ1v) is 4.35. The molecule has 1 aliphatic rings. The van der Waals surface area contributed by atoms with Gasteiger partial charge in [0.15, 0.2) is 0 Å². The molecule has 0 aromatic carbocycles. The average molecular weight is 199 g/mol. The summed E-state index contributed by atoms with van der Waals surface area (Å²) in [6, 6.07) is 0. The molecule has 2 heterocycles. The molecule has 14 heavy (non-hydrogen) atoms. The van der Waals surface area contributed by atoms with Crippen LogP contribution in [0.3, 0.4) is 0 Å². The maximum Gasteiger partial charge on any atom is 0.238 e. The van der Waals surface area contributed by atoms with Gasteiger partial charge in [0.25, 0.3) is 0 Å². The molecule has 0 spiro atoms. The van der Waals surface area contributed by atoms with Crippen molar-refractivity contribution >= 4 is 5.69 Å². The molecule has 0 radical (unpaired) electrons. The Morgan fingerprint density at radius 2 is 2.57 bits per heavy atom. The smallest absolute Gasteiger partial charge is 0.238 e. The molecule has 78 valence electrons. The average Bonchev–Trinajstić information content (AvgIpc) is 2.69. The summed E-state index contributed by atoms with van der Waals surface area (Å²) in [5.41, 5.74) is 3.44. The highest BCUT2D eigenvalue weighted by Crippen LogP contribution is 2.30. The third kappa shape index (κ3) is 1.53. The molecule has 0 fully saturated rings. The Morgan fingerprint density at radius 1 is 1.71 bits per heavy atom. The number of hydrogen-bond donors (Lipinski definition) is 1. The van der Waals surface area contributed by atoms with Crippen molar-refractivity contribution in [2.24, 2.45) is 0 Å². The van der Waals surface area contributed by atoms with E-state index in [1.165, 1.54) is 0 Å². The van der Waals surface area contributed by atoms with Crippen molar-refractivity contribution in [1.29, 1.82) is 0 Å². The molecular formula is C8H13N3O3. The van der Waals surface area contributed by atoms with Gasteiger partial charge in [0, 0.05) is 7.11 Å². The Bertz CT molecular complexity index is 313. The number of anilines is 1. The molecule has 0 amide bonds. The number of fused-ring (bicyclic) bond motifs is 1. The van der Waals surface area contributed by atoms with Crippen LogP contribution in [0.25, 0.3) is 0 Å². The van der Waals surface area contributed by atoms with Crippen LogP contribution in [0.4, 0.5) is 5.69 Å². The van der Waals surface area contributed by atoms with Crippen LogP contribution in [0.5, 0.6) is 5.88 Å². The molecule has 1 atom stereocenters. The van der Waals surface area contributed by atoms with Crippen molar-refractivity contribution < 1.29 is 14.3 Å². The van der Waals surface area contributed by atoms with E-state index in [2.05, 4.69) is 10.6 Å². The molecule has 6 heteroatoms. The topological polar surface area (TPSA) is 57.5 Å². The van der Waals surface area contributed by atoms with Gasteiger partial charge in [0.2, 0.25) is 5.88 Å². The van der Waals surface area contributed by atoms with Crippen LogP contribution in [0, 0.1) is 0 Å². The van der Waals surface area contributed by atoms with Crippen LogP contribution in [0.1, 0.15) is 0 Å². The molecule has 1 aromatic rings. The van der Waals surface area contributed by atoms with E-state index >= 15 is 0 Å². The van der Waals surface area contributed by atoms with Crippen LogP contribution < -0.4 is 10.2 Å². The predicted molar refractivity (Wildman–Crippen MR) is 49.2 cm³/mol. The summed E-state index contributed by atoms with van der Waals surface area (Å²) >= 11 is 0. The van der Waals surface area contributed by atoms with Crippen LogP contribution in [-0.2, 0) is 16.1 Å². The SMILES string of the molecule is COCC1Cn2ncc(NOC)c2O1. The lowest BCUT2D eigenvalue weighted by atomic mass is 10.4. The number of hydrogen-bond acceptors (Lipinski definition) is 5. The normalized spacial score (nSPS) is 19.1. The minimum atomic E-state index is 0.0427. The van der Waals surface area contributed by atoms with Crippen LogP contribution in [-0.4, -0.2) is 36.7 Å². The Morgan fingerprint density at radius 3 is 3.29 bits per heavy atom. The predicted octanol–water partition coefficient (Wildman–Crippen LogP) is 0.264. The summed E-state index contributed by atoms with van der Waals surface area (Å²) in [7, 11) is 3.20. The number of nitrogens with one attached hydrogen (secondary N) is 1. The van der Waals surface area contributed by atoms with Crippen molar-refractivity contribution in [2.45, 2.75) is 12.6 Å². The first-order chi connectivity index (χ1) is 6.85. The Labute approximate surface area is 81.7 Å². The van der Waals surface area contributed by atoms with Gasteiger partial charge in [-0.3, -0.25) is 10.3 Å². The lowest BCUT2D eigenvalue weighted by Gasteiger charge is -2.08. The molecule has 0 saturated carbocycles. The number of aromatic nitrogens is 2. The fourth-order valence-electron chi connectivity index (χ4n) is 1.47. The Kier molecular flexibility index (Phi) is 2.55. The van der Waals surface area contributed by atoms with E-state index in [1.807, 2.05) is 0 Å². The lowest BCUT2D eigenvalue weighted by Crippen LogP contribution is -2.20. The first kappa shape index (κ1) is 9.29. The summed E-state index contributed by atoms with van der Waals surface area (Å²) in [6.45, 7) is 1.28. The number of rotatable bonds is 4. The van der Waals surface area contributed by atoms with Gasteiger partial charge in [-0.1, -0.05) is 0 Å². The molecule has 1 unspecified atom stereocenters. The summed E-state index contributed by atoms with van der Waals surface area (Å²) in [4.78, 5) is 4.79. The molecule has 1 N–H and O–H groups in total. The molecule has 0 aliphatic carbocycles. The van der Waals surface area contributed by atoms with E-state index in [0.29, 0.717) is 19.0 Å². The third-order valence-electron chi connectivity index (χ3n) is 2.01. The van der Waals surface area contributed by atoms with Crippen molar-refractivity contribution in [3.05, 3.63) is 6.20 Å². The zero-order valence-corrected chi connectivity index (χ0v) is 8.19. The monoisotopic (exact) mass is 199 g/mol. The molecule has 0 saturated heterocycles. The van der Waals surface area contributed by atoms with Crippen molar-refractivity contribution in [2.75, 3.05) is 26.3 Å². The molecular weight excluding hydrogens is 186 g/mol. The van der Waals surface area contributed by atoms with Crippen molar-refractivity contribution in [3.8, 4) is 5.88 Å². The minimum Gasteiger partial charge on any atom is -0.469 e. The van der Waals surface area contributed by atoms with E-state index in [1.54, 1.807) is 25.1 Å².